The first-order valence-electron chi connectivity index (χ1n) is 7.60. The summed E-state index contributed by atoms with van der Waals surface area (Å²) in [7, 11) is 0. The lowest BCUT2D eigenvalue weighted by atomic mass is 10.1. The minimum Gasteiger partial charge on any atom is -0.348 e. The number of hydrogen-bond donors (Lipinski definition) is 1. The number of nitrogens with one attached hydrogen (secondary N) is 1. The molecule has 1 N–H and O–H groups in total. The Morgan fingerprint density at radius 3 is 2.64 bits per heavy atom. The second kappa shape index (κ2) is 7.63. The van der Waals surface area contributed by atoms with E-state index in [-0.39, 0.29) is 18.5 Å². The van der Waals surface area contributed by atoms with Gasteiger partial charge in [-0.3, -0.25) is 4.79 Å². The maximum Gasteiger partial charge on any atom is 0.244 e. The van der Waals surface area contributed by atoms with Gasteiger partial charge in [-0.15, -0.1) is 10.2 Å². The van der Waals surface area contributed by atoms with Gasteiger partial charge >= 0.3 is 0 Å². The van der Waals surface area contributed by atoms with Crippen molar-refractivity contribution >= 4 is 29.1 Å². The van der Waals surface area contributed by atoms with Crippen LogP contribution in [0, 0.1) is 0 Å². The Morgan fingerprint density at radius 2 is 1.92 bits per heavy atom. The molecule has 0 aliphatic rings. The quantitative estimate of drug-likeness (QED) is 0.740. The Labute approximate surface area is 154 Å². The van der Waals surface area contributed by atoms with E-state index in [4.69, 9.17) is 23.2 Å². The van der Waals surface area contributed by atoms with E-state index < -0.39 is 0 Å². The van der Waals surface area contributed by atoms with Gasteiger partial charge in [0.25, 0.3) is 0 Å². The number of amides is 1. The third kappa shape index (κ3) is 4.55. The lowest BCUT2D eigenvalue weighted by molar-refractivity contribution is -0.122. The van der Waals surface area contributed by atoms with Crippen molar-refractivity contribution in [3.8, 4) is 11.4 Å². The molecule has 3 rings (SSSR count). The summed E-state index contributed by atoms with van der Waals surface area (Å²) in [6.45, 7) is 1.87. The van der Waals surface area contributed by atoms with Crippen molar-refractivity contribution in [2.24, 2.45) is 0 Å². The monoisotopic (exact) mass is 375 g/mol. The fourth-order valence-electron chi connectivity index (χ4n) is 2.30. The maximum atomic E-state index is 12.2. The predicted octanol–water partition coefficient (Wildman–Crippen LogP) is 3.52. The number of halogens is 2. The number of benzene rings is 2. The zero-order chi connectivity index (χ0) is 17.8. The third-order valence-corrected chi connectivity index (χ3v) is 4.06. The van der Waals surface area contributed by atoms with Gasteiger partial charge in [0.15, 0.2) is 0 Å². The molecule has 0 bridgehead atoms. The molecule has 0 aliphatic heterocycles. The molecule has 1 heterocycles. The van der Waals surface area contributed by atoms with E-state index >= 15 is 0 Å². The van der Waals surface area contributed by atoms with Crippen LogP contribution in [-0.2, 0) is 11.3 Å². The molecule has 1 amide bonds. The minimum absolute atomic E-state index is 0.0223. The average Bonchev–Trinajstić information content (AvgIpc) is 3.03. The molecule has 1 atom stereocenters. The highest BCUT2D eigenvalue weighted by Crippen LogP contribution is 2.18. The topological polar surface area (TPSA) is 72.7 Å². The van der Waals surface area contributed by atoms with Crippen LogP contribution in [0.1, 0.15) is 18.5 Å². The normalized spacial score (nSPS) is 12.0. The molecular formula is C17H15Cl2N5O. The Kier molecular flexibility index (Phi) is 5.31. The molecule has 0 aliphatic carbocycles. The molecule has 25 heavy (non-hydrogen) atoms. The molecule has 128 valence electrons. The van der Waals surface area contributed by atoms with E-state index in [0.717, 1.165) is 11.1 Å². The Hall–Kier alpha value is -2.44. The second-order valence-corrected chi connectivity index (χ2v) is 6.37. The van der Waals surface area contributed by atoms with Gasteiger partial charge in [0.1, 0.15) is 6.54 Å². The first kappa shape index (κ1) is 17.4. The summed E-state index contributed by atoms with van der Waals surface area (Å²) >= 11 is 11.8. The van der Waals surface area contributed by atoms with E-state index in [9.17, 15) is 4.79 Å². The molecule has 3 aromatic rings. The summed E-state index contributed by atoms with van der Waals surface area (Å²) in [6.07, 6.45) is 0. The fourth-order valence-corrected chi connectivity index (χ4v) is 2.62. The van der Waals surface area contributed by atoms with Crippen LogP contribution in [0.25, 0.3) is 11.4 Å². The van der Waals surface area contributed by atoms with Crippen molar-refractivity contribution in [2.45, 2.75) is 19.5 Å². The van der Waals surface area contributed by atoms with Crippen LogP contribution in [0.2, 0.25) is 10.0 Å². The summed E-state index contributed by atoms with van der Waals surface area (Å²) in [5.41, 5.74) is 1.71. The average molecular weight is 376 g/mol. The second-order valence-electron chi connectivity index (χ2n) is 5.49. The number of tetrazole rings is 1. The van der Waals surface area contributed by atoms with Crippen LogP contribution in [0.3, 0.4) is 0 Å². The predicted molar refractivity (Wildman–Crippen MR) is 96.3 cm³/mol. The van der Waals surface area contributed by atoms with Crippen LogP contribution < -0.4 is 5.32 Å². The molecule has 1 aromatic heterocycles. The highest BCUT2D eigenvalue weighted by molar-refractivity contribution is 6.31. The number of rotatable bonds is 5. The molecule has 0 fully saturated rings. The van der Waals surface area contributed by atoms with Gasteiger partial charge in [-0.25, -0.2) is 0 Å². The van der Waals surface area contributed by atoms with Gasteiger partial charge in [-0.2, -0.15) is 4.80 Å². The molecule has 2 aromatic carbocycles. The fraction of sp³-hybridized carbons (Fsp3) is 0.176. The molecule has 0 radical (unpaired) electrons. The van der Waals surface area contributed by atoms with Gasteiger partial charge in [-0.1, -0.05) is 47.5 Å². The summed E-state index contributed by atoms with van der Waals surface area (Å²) in [5.74, 6) is 0.207. The van der Waals surface area contributed by atoms with Crippen LogP contribution in [0.15, 0.2) is 48.5 Å². The van der Waals surface area contributed by atoms with Crippen molar-refractivity contribution in [1.29, 1.82) is 0 Å². The third-order valence-electron chi connectivity index (χ3n) is 3.57. The van der Waals surface area contributed by atoms with Gasteiger partial charge < -0.3 is 5.32 Å². The minimum atomic E-state index is -0.211. The zero-order valence-electron chi connectivity index (χ0n) is 13.4. The van der Waals surface area contributed by atoms with E-state index in [2.05, 4.69) is 20.7 Å². The van der Waals surface area contributed by atoms with Gasteiger partial charge in [0, 0.05) is 15.6 Å². The summed E-state index contributed by atoms with van der Waals surface area (Å²) in [4.78, 5) is 13.4. The first-order valence-corrected chi connectivity index (χ1v) is 8.35. The van der Waals surface area contributed by atoms with E-state index in [1.165, 1.54) is 4.80 Å². The molecular weight excluding hydrogens is 361 g/mol. The highest BCUT2D eigenvalue weighted by atomic mass is 35.5. The van der Waals surface area contributed by atoms with E-state index in [1.807, 2.05) is 25.1 Å². The number of aromatic nitrogens is 4. The van der Waals surface area contributed by atoms with Crippen molar-refractivity contribution < 1.29 is 4.79 Å². The molecule has 0 spiro atoms. The number of hydrogen-bond acceptors (Lipinski definition) is 4. The summed E-state index contributed by atoms with van der Waals surface area (Å²) in [5, 5.41) is 16.2. The molecule has 0 unspecified atom stereocenters. The van der Waals surface area contributed by atoms with Crippen LogP contribution in [-0.4, -0.2) is 26.1 Å². The highest BCUT2D eigenvalue weighted by Gasteiger charge is 2.13. The first-order chi connectivity index (χ1) is 12.0. The van der Waals surface area contributed by atoms with Crippen molar-refractivity contribution in [3.63, 3.8) is 0 Å². The lowest BCUT2D eigenvalue weighted by Gasteiger charge is -2.14. The van der Waals surface area contributed by atoms with Gasteiger partial charge in [0.05, 0.1) is 6.04 Å². The SMILES string of the molecule is C[C@@H](NC(=O)Cn1nnc(-c2cccc(Cl)c2)n1)c1ccc(Cl)cc1. The molecule has 8 heteroatoms. The number of carbonyl (C=O) groups excluding carboxylic acids is 1. The van der Waals surface area contributed by atoms with Crippen molar-refractivity contribution in [1.82, 2.24) is 25.5 Å². The smallest absolute Gasteiger partial charge is 0.244 e. The number of carbonyl (C=O) groups is 1. The maximum absolute atomic E-state index is 12.2. The summed E-state index contributed by atoms with van der Waals surface area (Å²) in [6, 6.07) is 14.3. The van der Waals surface area contributed by atoms with Crippen LogP contribution in [0.5, 0.6) is 0 Å². The standard InChI is InChI=1S/C17H15Cl2N5O/c1-11(12-5-7-14(18)8-6-12)20-16(25)10-24-22-17(21-23-24)13-3-2-4-15(19)9-13/h2-9,11H,10H2,1H3,(H,20,25)/t11-/m1/s1. The molecule has 0 saturated carbocycles. The summed E-state index contributed by atoms with van der Waals surface area (Å²) < 4.78 is 0. The molecule has 0 saturated heterocycles. The lowest BCUT2D eigenvalue weighted by Crippen LogP contribution is -2.30. The Bertz CT molecular complexity index is 879. The van der Waals surface area contributed by atoms with E-state index in [1.54, 1.807) is 30.3 Å². The van der Waals surface area contributed by atoms with Crippen molar-refractivity contribution in [2.75, 3.05) is 0 Å². The zero-order valence-corrected chi connectivity index (χ0v) is 14.9. The van der Waals surface area contributed by atoms with Crippen LogP contribution in [0.4, 0.5) is 0 Å². The Balaban J connectivity index is 1.62. The van der Waals surface area contributed by atoms with Gasteiger partial charge in [0.2, 0.25) is 11.7 Å². The largest absolute Gasteiger partial charge is 0.348 e. The molecule has 6 nitrogen and oxygen atoms in total. The van der Waals surface area contributed by atoms with Gasteiger partial charge in [-0.05, 0) is 42.0 Å². The van der Waals surface area contributed by atoms with Crippen molar-refractivity contribution in [3.05, 3.63) is 64.1 Å². The van der Waals surface area contributed by atoms with Crippen LogP contribution >= 0.6 is 23.2 Å². The Morgan fingerprint density at radius 1 is 1.16 bits per heavy atom. The van der Waals surface area contributed by atoms with E-state index in [0.29, 0.717) is 15.9 Å². The number of nitrogens with zero attached hydrogens (tertiary/aromatic N) is 4.